The first kappa shape index (κ1) is 13.0. The fourth-order valence-corrected chi connectivity index (χ4v) is 2.02. The normalized spacial score (nSPS) is 11.5. The Morgan fingerprint density at radius 1 is 1.50 bits per heavy atom. The van der Waals surface area contributed by atoms with Gasteiger partial charge in [0, 0.05) is 12.7 Å². The smallest absolute Gasteiger partial charge is 0.342 e. The molecule has 0 unspecified atom stereocenters. The zero-order chi connectivity index (χ0) is 12.3. The Kier molecular flexibility index (Phi) is 3.93. The first-order valence-electron chi connectivity index (χ1n) is 4.93. The summed E-state index contributed by atoms with van der Waals surface area (Å²) in [4.78, 5) is 11.9. The number of methoxy groups -OCH3 is 1. The molecule has 0 amide bonds. The molecule has 0 saturated heterocycles. The van der Waals surface area contributed by atoms with Crippen molar-refractivity contribution in [2.45, 2.75) is 33.0 Å². The third-order valence-electron chi connectivity index (χ3n) is 1.80. The minimum Gasteiger partial charge on any atom is -0.456 e. The molecular formula is C11H17NO3S. The van der Waals surface area contributed by atoms with Crippen LogP contribution in [-0.4, -0.2) is 18.7 Å². The Balaban J connectivity index is 2.93. The molecule has 5 heteroatoms. The van der Waals surface area contributed by atoms with Gasteiger partial charge in [-0.2, -0.15) is 0 Å². The van der Waals surface area contributed by atoms with Crippen molar-refractivity contribution in [2.24, 2.45) is 0 Å². The van der Waals surface area contributed by atoms with E-state index < -0.39 is 11.6 Å². The van der Waals surface area contributed by atoms with E-state index >= 15 is 0 Å². The summed E-state index contributed by atoms with van der Waals surface area (Å²) in [6.45, 7) is 5.83. The predicted molar refractivity (Wildman–Crippen MR) is 64.6 cm³/mol. The van der Waals surface area contributed by atoms with Gasteiger partial charge in [0.1, 0.15) is 10.6 Å². The minimum atomic E-state index is -0.518. The molecule has 1 rings (SSSR count). The molecule has 0 bridgehead atoms. The summed E-state index contributed by atoms with van der Waals surface area (Å²) in [5.41, 5.74) is 6.44. The second-order valence-corrected chi connectivity index (χ2v) is 5.35. The van der Waals surface area contributed by atoms with Crippen molar-refractivity contribution in [3.05, 3.63) is 16.5 Å². The van der Waals surface area contributed by atoms with Gasteiger partial charge < -0.3 is 15.2 Å². The largest absolute Gasteiger partial charge is 0.456 e. The summed E-state index contributed by atoms with van der Waals surface area (Å²) in [5, 5.41) is 2.29. The van der Waals surface area contributed by atoms with Gasteiger partial charge in [0.15, 0.2) is 0 Å². The summed E-state index contributed by atoms with van der Waals surface area (Å²) in [6.07, 6.45) is 0. The van der Waals surface area contributed by atoms with Crippen LogP contribution in [0.4, 0.5) is 5.00 Å². The van der Waals surface area contributed by atoms with Gasteiger partial charge in [-0.25, -0.2) is 4.79 Å². The summed E-state index contributed by atoms with van der Waals surface area (Å²) in [5.74, 6) is -0.390. The van der Waals surface area contributed by atoms with E-state index in [4.69, 9.17) is 15.2 Å². The number of nitrogen functional groups attached to an aromatic ring is 1. The van der Waals surface area contributed by atoms with E-state index in [1.165, 1.54) is 11.3 Å². The predicted octanol–water partition coefficient (Wildman–Crippen LogP) is 2.43. The van der Waals surface area contributed by atoms with Crippen LogP contribution in [0.2, 0.25) is 0 Å². The van der Waals surface area contributed by atoms with E-state index in [1.54, 1.807) is 7.11 Å². The third-order valence-corrected chi connectivity index (χ3v) is 2.66. The molecule has 1 heterocycles. The number of ether oxygens (including phenoxy) is 2. The molecule has 0 atom stereocenters. The van der Waals surface area contributed by atoms with Gasteiger partial charge in [-0.15, -0.1) is 11.3 Å². The number of rotatable bonds is 3. The highest BCUT2D eigenvalue weighted by Crippen LogP contribution is 2.27. The van der Waals surface area contributed by atoms with E-state index in [1.807, 2.05) is 26.2 Å². The molecule has 2 N–H and O–H groups in total. The van der Waals surface area contributed by atoms with E-state index in [0.29, 0.717) is 17.2 Å². The second-order valence-electron chi connectivity index (χ2n) is 4.44. The zero-order valence-corrected chi connectivity index (χ0v) is 10.8. The average Bonchev–Trinajstić information content (AvgIpc) is 2.44. The summed E-state index contributed by atoms with van der Waals surface area (Å²) in [6, 6.07) is 0. The summed E-state index contributed by atoms with van der Waals surface area (Å²) >= 11 is 1.32. The maximum Gasteiger partial charge on any atom is 0.342 e. The molecule has 0 aliphatic carbocycles. The lowest BCUT2D eigenvalue weighted by Crippen LogP contribution is -2.24. The first-order valence-corrected chi connectivity index (χ1v) is 5.81. The van der Waals surface area contributed by atoms with Crippen LogP contribution in [0.15, 0.2) is 5.38 Å². The molecule has 0 aliphatic heterocycles. The average molecular weight is 243 g/mol. The van der Waals surface area contributed by atoms with E-state index in [2.05, 4.69) is 0 Å². The van der Waals surface area contributed by atoms with Crippen LogP contribution in [-0.2, 0) is 16.1 Å². The zero-order valence-electron chi connectivity index (χ0n) is 9.99. The van der Waals surface area contributed by atoms with Crippen LogP contribution in [0.1, 0.15) is 36.7 Å². The van der Waals surface area contributed by atoms with E-state index in [-0.39, 0.29) is 0 Å². The fraction of sp³-hybridized carbons (Fsp3) is 0.545. The molecule has 0 aromatic carbocycles. The molecule has 1 aromatic rings. The Morgan fingerprint density at radius 3 is 2.62 bits per heavy atom. The highest BCUT2D eigenvalue weighted by molar-refractivity contribution is 7.14. The van der Waals surface area contributed by atoms with Crippen LogP contribution in [0.5, 0.6) is 0 Å². The number of anilines is 1. The number of carbonyl (C=O) groups is 1. The SMILES string of the molecule is COCc1csc(N)c1C(=O)OC(C)(C)C. The summed E-state index contributed by atoms with van der Waals surface area (Å²) in [7, 11) is 1.58. The molecule has 16 heavy (non-hydrogen) atoms. The molecule has 90 valence electrons. The van der Waals surface area contributed by atoms with Crippen molar-refractivity contribution in [3.63, 3.8) is 0 Å². The maximum atomic E-state index is 11.9. The van der Waals surface area contributed by atoms with Crippen LogP contribution in [0.25, 0.3) is 0 Å². The van der Waals surface area contributed by atoms with Gasteiger partial charge >= 0.3 is 5.97 Å². The van der Waals surface area contributed by atoms with Gasteiger partial charge in [-0.1, -0.05) is 0 Å². The number of nitrogens with two attached hydrogens (primary N) is 1. The molecule has 1 aromatic heterocycles. The molecular weight excluding hydrogens is 226 g/mol. The molecule has 0 spiro atoms. The van der Waals surface area contributed by atoms with Crippen molar-refractivity contribution in [1.82, 2.24) is 0 Å². The van der Waals surface area contributed by atoms with Gasteiger partial charge in [-0.05, 0) is 26.2 Å². The van der Waals surface area contributed by atoms with Crippen LogP contribution >= 0.6 is 11.3 Å². The van der Waals surface area contributed by atoms with Crippen molar-refractivity contribution in [1.29, 1.82) is 0 Å². The van der Waals surface area contributed by atoms with Gasteiger partial charge in [0.2, 0.25) is 0 Å². The van der Waals surface area contributed by atoms with Crippen molar-refractivity contribution in [3.8, 4) is 0 Å². The molecule has 0 aliphatic rings. The quantitative estimate of drug-likeness (QED) is 0.828. The number of thiophene rings is 1. The Bertz CT molecular complexity index is 379. The highest BCUT2D eigenvalue weighted by atomic mass is 32.1. The summed E-state index contributed by atoms with van der Waals surface area (Å²) < 4.78 is 10.3. The Hall–Kier alpha value is -1.07. The topological polar surface area (TPSA) is 61.5 Å². The van der Waals surface area contributed by atoms with Crippen LogP contribution in [0, 0.1) is 0 Å². The minimum absolute atomic E-state index is 0.363. The fourth-order valence-electron chi connectivity index (χ4n) is 1.23. The van der Waals surface area contributed by atoms with Crippen molar-refractivity contribution < 1.29 is 14.3 Å². The first-order chi connectivity index (χ1) is 7.35. The van der Waals surface area contributed by atoms with E-state index in [9.17, 15) is 4.79 Å². The highest BCUT2D eigenvalue weighted by Gasteiger charge is 2.23. The Labute approximate surface area is 99.4 Å². The van der Waals surface area contributed by atoms with Crippen molar-refractivity contribution in [2.75, 3.05) is 12.8 Å². The van der Waals surface area contributed by atoms with Crippen LogP contribution in [0.3, 0.4) is 0 Å². The van der Waals surface area contributed by atoms with Gasteiger partial charge in [0.05, 0.1) is 12.2 Å². The standard InChI is InChI=1S/C11H17NO3S/c1-11(2,3)15-10(13)8-7(5-14-4)6-16-9(8)12/h6H,5,12H2,1-4H3. The second kappa shape index (κ2) is 4.84. The number of hydrogen-bond acceptors (Lipinski definition) is 5. The van der Waals surface area contributed by atoms with E-state index in [0.717, 1.165) is 5.56 Å². The number of esters is 1. The third kappa shape index (κ3) is 3.21. The lowest BCUT2D eigenvalue weighted by Gasteiger charge is -2.19. The molecule has 0 radical (unpaired) electrons. The van der Waals surface area contributed by atoms with Gasteiger partial charge in [0.25, 0.3) is 0 Å². The monoisotopic (exact) mass is 243 g/mol. The molecule has 4 nitrogen and oxygen atoms in total. The van der Waals surface area contributed by atoms with Crippen molar-refractivity contribution >= 4 is 22.3 Å². The molecule has 0 fully saturated rings. The molecule has 0 saturated carbocycles. The Morgan fingerprint density at radius 2 is 2.12 bits per heavy atom. The number of hydrogen-bond donors (Lipinski definition) is 1. The van der Waals surface area contributed by atoms with Gasteiger partial charge in [-0.3, -0.25) is 0 Å². The lowest BCUT2D eigenvalue weighted by atomic mass is 10.1. The number of carbonyl (C=O) groups excluding carboxylic acids is 1. The maximum absolute atomic E-state index is 11.9. The lowest BCUT2D eigenvalue weighted by molar-refractivity contribution is 0.00679. The van der Waals surface area contributed by atoms with Crippen LogP contribution < -0.4 is 5.73 Å².